The molecular formula is C75H52N4O2. The summed E-state index contributed by atoms with van der Waals surface area (Å²) in [4.78, 5) is 15.7. The molecule has 10 aromatic carbocycles. The number of benzene rings is 10. The molecule has 0 amide bonds. The van der Waals surface area contributed by atoms with E-state index < -0.39 is 5.41 Å². The second kappa shape index (κ2) is 17.9. The number of hydrogen-bond donors (Lipinski definition) is 0. The molecule has 0 unspecified atom stereocenters. The minimum Gasteiger partial charge on any atom is -0.455 e. The van der Waals surface area contributed by atoms with Gasteiger partial charge >= 0.3 is 0 Å². The van der Waals surface area contributed by atoms with Gasteiger partial charge in [-0.05, 0) is 144 Å². The van der Waals surface area contributed by atoms with Crippen LogP contribution in [0.2, 0.25) is 0 Å². The number of aryl methyl sites for hydroxylation is 4. The summed E-state index contributed by atoms with van der Waals surface area (Å²) in [6.07, 6.45) is 3.99. The molecule has 16 rings (SSSR count). The van der Waals surface area contributed by atoms with E-state index in [4.69, 9.17) is 18.8 Å². The number of hydrogen-bond acceptors (Lipinski definition) is 6. The van der Waals surface area contributed by atoms with Gasteiger partial charge in [0.25, 0.3) is 0 Å². The third kappa shape index (κ3) is 6.87. The lowest BCUT2D eigenvalue weighted by Gasteiger charge is -2.34. The summed E-state index contributed by atoms with van der Waals surface area (Å²) >= 11 is 0. The first-order chi connectivity index (χ1) is 39.8. The third-order valence-electron chi connectivity index (χ3n) is 16.9. The Kier molecular flexibility index (Phi) is 10.3. The number of aromatic nitrogens is 2. The van der Waals surface area contributed by atoms with Crippen molar-refractivity contribution < 1.29 is 8.83 Å². The van der Waals surface area contributed by atoms with E-state index in [1.54, 1.807) is 0 Å². The van der Waals surface area contributed by atoms with Crippen molar-refractivity contribution in [2.24, 2.45) is 0 Å². The molecule has 6 heteroatoms. The molecule has 0 bridgehead atoms. The highest BCUT2D eigenvalue weighted by Gasteiger charge is 2.55. The van der Waals surface area contributed by atoms with Crippen LogP contribution in [-0.4, -0.2) is 9.97 Å². The van der Waals surface area contributed by atoms with Gasteiger partial charge in [-0.25, -0.2) is 9.97 Å². The molecule has 4 aromatic heterocycles. The molecule has 0 aliphatic heterocycles. The molecule has 1 spiro atoms. The van der Waals surface area contributed by atoms with Crippen LogP contribution in [0.3, 0.4) is 0 Å². The maximum absolute atomic E-state index is 7.56. The number of rotatable bonds is 8. The molecule has 0 saturated carbocycles. The SMILES string of the molecule is Cc1ccc(N(c2ncc(C)cc2-c2ccccc2)c2cc3c(c4oc5ccccc5c24)-c2c(cc(N(c4ccc(C)cc4)c4ncc(C)cc4-c4ccccc4)c4c2oc2ccccc24)C32c3ccccc3-c3ccccc32)cc1. The van der Waals surface area contributed by atoms with Gasteiger partial charge in [0.05, 0.1) is 27.6 Å². The van der Waals surface area contributed by atoms with Gasteiger partial charge in [-0.3, -0.25) is 9.80 Å². The zero-order chi connectivity index (χ0) is 54.1. The highest BCUT2D eigenvalue weighted by Crippen LogP contribution is 2.68. The van der Waals surface area contributed by atoms with E-state index in [0.29, 0.717) is 0 Å². The quantitative estimate of drug-likeness (QED) is 0.151. The fraction of sp³-hybridized carbons (Fsp3) is 0.0667. The van der Waals surface area contributed by atoms with Gasteiger partial charge in [0.1, 0.15) is 34.0 Å². The smallest absolute Gasteiger partial charge is 0.145 e. The summed E-state index contributed by atoms with van der Waals surface area (Å²) in [6.45, 7) is 8.53. The second-order valence-electron chi connectivity index (χ2n) is 21.9. The Bertz CT molecular complexity index is 4550. The first kappa shape index (κ1) is 46.8. The maximum Gasteiger partial charge on any atom is 0.145 e. The highest BCUT2D eigenvalue weighted by molar-refractivity contribution is 6.25. The van der Waals surface area contributed by atoms with Crippen LogP contribution in [0.4, 0.5) is 34.4 Å². The molecule has 6 nitrogen and oxygen atoms in total. The molecule has 0 atom stereocenters. The van der Waals surface area contributed by atoms with Crippen molar-refractivity contribution in [3.8, 4) is 44.5 Å². The Morgan fingerprint density at radius 3 is 1.16 bits per heavy atom. The van der Waals surface area contributed by atoms with E-state index in [2.05, 4.69) is 268 Å². The van der Waals surface area contributed by atoms with Gasteiger partial charge < -0.3 is 8.83 Å². The summed E-state index contributed by atoms with van der Waals surface area (Å²) in [5, 5.41) is 3.99. The molecule has 384 valence electrons. The van der Waals surface area contributed by atoms with Gasteiger partial charge in [0.2, 0.25) is 0 Å². The lowest BCUT2D eigenvalue weighted by atomic mass is 9.70. The third-order valence-corrected chi connectivity index (χ3v) is 16.9. The van der Waals surface area contributed by atoms with Crippen LogP contribution >= 0.6 is 0 Å². The molecular weight excluding hydrogens is 989 g/mol. The van der Waals surface area contributed by atoms with Crippen molar-refractivity contribution in [1.29, 1.82) is 0 Å². The predicted octanol–water partition coefficient (Wildman–Crippen LogP) is 20.1. The van der Waals surface area contributed by atoms with Gasteiger partial charge in [-0.1, -0.05) is 181 Å². The molecule has 2 aliphatic rings. The standard InChI is InChI=1S/C75H52N4O2/c1-45-31-35-51(36-32-45)78(73-57(39-47(3)43-76-73)49-19-7-5-8-20-49)63-41-61-69(71-67(63)55-25-13-17-29-65(55)80-71)70-62(75(61)59-27-15-11-23-53(59)54-24-12-16-28-60(54)75)42-64(68-56-26-14-18-30-66(56)81-72(68)70)79(52-37-33-46(2)34-38-52)74-58(40-48(4)44-77-74)50-21-9-6-10-22-50/h5-44H,1-4H3. The molecule has 81 heavy (non-hydrogen) atoms. The summed E-state index contributed by atoms with van der Waals surface area (Å²) in [5.41, 5.74) is 23.8. The molecule has 2 aliphatic carbocycles. The zero-order valence-electron chi connectivity index (χ0n) is 45.2. The fourth-order valence-electron chi connectivity index (χ4n) is 13.4. The summed E-state index contributed by atoms with van der Waals surface area (Å²) in [6, 6.07) is 83.5. The maximum atomic E-state index is 7.56. The molecule has 0 fully saturated rings. The Morgan fingerprint density at radius 2 is 0.728 bits per heavy atom. The monoisotopic (exact) mass is 1040 g/mol. The Labute approximate surface area is 469 Å². The van der Waals surface area contributed by atoms with E-state index in [9.17, 15) is 0 Å². The van der Waals surface area contributed by atoms with Crippen LogP contribution in [0.15, 0.2) is 252 Å². The topological polar surface area (TPSA) is 58.5 Å². The summed E-state index contributed by atoms with van der Waals surface area (Å²) in [7, 11) is 0. The number of nitrogens with zero attached hydrogens (tertiary/aromatic N) is 4. The summed E-state index contributed by atoms with van der Waals surface area (Å²) in [5.74, 6) is 1.63. The first-order valence-electron chi connectivity index (χ1n) is 27.8. The van der Waals surface area contributed by atoms with Gasteiger partial charge in [-0.15, -0.1) is 0 Å². The average molecular weight is 1040 g/mol. The van der Waals surface area contributed by atoms with E-state index in [1.807, 2.05) is 12.4 Å². The fourth-order valence-corrected chi connectivity index (χ4v) is 13.4. The normalized spacial score (nSPS) is 12.8. The van der Waals surface area contributed by atoms with Crippen LogP contribution in [0.1, 0.15) is 44.5 Å². The van der Waals surface area contributed by atoms with Crippen molar-refractivity contribution >= 4 is 78.3 Å². The van der Waals surface area contributed by atoms with Crippen molar-refractivity contribution in [2.75, 3.05) is 9.80 Å². The zero-order valence-corrected chi connectivity index (χ0v) is 45.2. The summed E-state index contributed by atoms with van der Waals surface area (Å²) < 4.78 is 15.1. The lowest BCUT2D eigenvalue weighted by Crippen LogP contribution is -2.27. The van der Waals surface area contributed by atoms with Crippen molar-refractivity contribution in [1.82, 2.24) is 9.97 Å². The van der Waals surface area contributed by atoms with Crippen LogP contribution in [0.25, 0.3) is 88.4 Å². The Morgan fingerprint density at radius 1 is 0.346 bits per heavy atom. The molecule has 0 radical (unpaired) electrons. The largest absolute Gasteiger partial charge is 0.455 e. The molecule has 0 saturated heterocycles. The van der Waals surface area contributed by atoms with Crippen LogP contribution < -0.4 is 9.80 Å². The number of fused-ring (bicyclic) bond motifs is 18. The first-order valence-corrected chi connectivity index (χ1v) is 27.8. The van der Waals surface area contributed by atoms with Gasteiger partial charge in [0.15, 0.2) is 0 Å². The van der Waals surface area contributed by atoms with Crippen LogP contribution in [-0.2, 0) is 5.41 Å². The minimum absolute atomic E-state index is 0.783. The Hall–Kier alpha value is -10.3. The highest BCUT2D eigenvalue weighted by atomic mass is 16.3. The number of para-hydroxylation sites is 2. The predicted molar refractivity (Wildman–Crippen MR) is 332 cm³/mol. The van der Waals surface area contributed by atoms with E-state index >= 15 is 0 Å². The van der Waals surface area contributed by atoms with E-state index in [-0.39, 0.29) is 0 Å². The number of pyridine rings is 2. The Balaban J connectivity index is 1.11. The van der Waals surface area contributed by atoms with Crippen molar-refractivity contribution in [2.45, 2.75) is 33.1 Å². The van der Waals surface area contributed by atoms with E-state index in [1.165, 1.54) is 33.4 Å². The molecule has 0 N–H and O–H groups in total. The van der Waals surface area contributed by atoms with Crippen LogP contribution in [0.5, 0.6) is 0 Å². The molecule has 14 aromatic rings. The number of anilines is 6. The van der Waals surface area contributed by atoms with E-state index in [0.717, 1.165) is 134 Å². The van der Waals surface area contributed by atoms with Crippen molar-refractivity contribution in [3.63, 3.8) is 0 Å². The minimum atomic E-state index is -0.897. The average Bonchev–Trinajstić information content (AvgIpc) is 3.55. The number of furan rings is 2. The second-order valence-corrected chi connectivity index (χ2v) is 21.9. The van der Waals surface area contributed by atoms with Crippen molar-refractivity contribution in [3.05, 3.63) is 287 Å². The van der Waals surface area contributed by atoms with Gasteiger partial charge in [0, 0.05) is 56.8 Å². The van der Waals surface area contributed by atoms with Crippen LogP contribution in [0, 0.1) is 27.7 Å². The lowest BCUT2D eigenvalue weighted by molar-refractivity contribution is 0.665. The van der Waals surface area contributed by atoms with Gasteiger partial charge in [-0.2, -0.15) is 0 Å². The molecule has 4 heterocycles.